The molecule has 0 rings (SSSR count). The van der Waals surface area contributed by atoms with Gasteiger partial charge in [-0.25, -0.2) is 4.79 Å². The van der Waals surface area contributed by atoms with E-state index >= 15 is 0 Å². The van der Waals surface area contributed by atoms with Gasteiger partial charge in [0.05, 0.1) is 6.54 Å². The summed E-state index contributed by atoms with van der Waals surface area (Å²) in [5.41, 5.74) is -1.16. The van der Waals surface area contributed by atoms with Crippen LogP contribution in [0.2, 0.25) is 0 Å². The molecule has 0 aliphatic rings. The molecule has 0 aromatic carbocycles. The summed E-state index contributed by atoms with van der Waals surface area (Å²) in [5, 5.41) is 4.99. The summed E-state index contributed by atoms with van der Waals surface area (Å²) in [5.74, 6) is -1.16. The molecule has 0 saturated heterocycles. The average molecular weight is 286 g/mol. The predicted octanol–water partition coefficient (Wildman–Crippen LogP) is 0.995. The second kappa shape index (κ2) is 6.72. The van der Waals surface area contributed by atoms with E-state index in [0.29, 0.717) is 0 Å². The van der Waals surface area contributed by atoms with E-state index in [2.05, 4.69) is 10.6 Å². The lowest BCUT2D eigenvalue weighted by molar-refractivity contribution is -0.158. The largest absolute Gasteiger partial charge is 0.458 e. The van der Waals surface area contributed by atoms with Gasteiger partial charge in [-0.15, -0.1) is 0 Å². The van der Waals surface area contributed by atoms with Crippen molar-refractivity contribution in [1.82, 2.24) is 10.6 Å². The number of hydrogen-bond acceptors (Lipinski definition) is 4. The molecule has 20 heavy (non-hydrogen) atoms. The Hall–Kier alpha value is -1.59. The fourth-order valence-electron chi connectivity index (χ4n) is 1.17. The van der Waals surface area contributed by atoms with Crippen molar-refractivity contribution >= 4 is 17.8 Å². The summed E-state index contributed by atoms with van der Waals surface area (Å²) in [6.07, 6.45) is 0. The lowest BCUT2D eigenvalue weighted by atomic mass is 9.96. The molecule has 0 aliphatic heterocycles. The first-order valence-corrected chi connectivity index (χ1v) is 6.63. The summed E-state index contributed by atoms with van der Waals surface area (Å²) in [6.45, 7) is 11.9. The van der Waals surface area contributed by atoms with Gasteiger partial charge in [-0.3, -0.25) is 9.59 Å². The van der Waals surface area contributed by atoms with Crippen molar-refractivity contribution in [2.24, 2.45) is 5.41 Å². The van der Waals surface area contributed by atoms with Crippen molar-refractivity contribution in [3.63, 3.8) is 0 Å². The third-order valence-corrected chi connectivity index (χ3v) is 2.23. The highest BCUT2D eigenvalue weighted by molar-refractivity contribution is 5.89. The molecule has 0 spiro atoms. The van der Waals surface area contributed by atoms with Crippen LogP contribution in [0.3, 0.4) is 0 Å². The summed E-state index contributed by atoms with van der Waals surface area (Å²) < 4.78 is 5.14. The highest BCUT2D eigenvalue weighted by atomic mass is 16.6. The monoisotopic (exact) mass is 286 g/mol. The first-order chi connectivity index (χ1) is 8.83. The molecule has 0 radical (unpaired) electrons. The smallest absolute Gasteiger partial charge is 0.328 e. The summed E-state index contributed by atoms with van der Waals surface area (Å²) in [7, 11) is 0. The van der Waals surface area contributed by atoms with E-state index in [1.165, 1.54) is 6.92 Å². The standard InChI is InChI=1S/C14H26N2O4/c1-9(11(18)20-14(5,6)7)16-10(17)8-15-12(19)13(2,3)4/h9H,8H2,1-7H3,(H,15,19)(H,16,17)/t9-/m1/s1. The molecule has 2 amide bonds. The molecule has 0 fully saturated rings. The van der Waals surface area contributed by atoms with Gasteiger partial charge in [-0.05, 0) is 27.7 Å². The molecule has 0 aliphatic carbocycles. The van der Waals surface area contributed by atoms with Crippen LogP contribution in [-0.4, -0.2) is 36.0 Å². The predicted molar refractivity (Wildman–Crippen MR) is 75.9 cm³/mol. The first kappa shape index (κ1) is 18.4. The van der Waals surface area contributed by atoms with Crippen LogP contribution in [-0.2, 0) is 19.1 Å². The van der Waals surface area contributed by atoms with E-state index in [0.717, 1.165) is 0 Å². The molecule has 116 valence electrons. The lowest BCUT2D eigenvalue weighted by Crippen LogP contribution is -2.47. The second-order valence-electron chi connectivity index (χ2n) is 6.76. The van der Waals surface area contributed by atoms with E-state index in [1.54, 1.807) is 41.5 Å². The van der Waals surface area contributed by atoms with Gasteiger partial charge in [0.2, 0.25) is 11.8 Å². The average Bonchev–Trinajstić information content (AvgIpc) is 2.21. The number of ether oxygens (including phenoxy) is 1. The molecule has 6 heteroatoms. The summed E-state index contributed by atoms with van der Waals surface area (Å²) >= 11 is 0. The van der Waals surface area contributed by atoms with Gasteiger partial charge in [0.25, 0.3) is 0 Å². The van der Waals surface area contributed by atoms with Crippen LogP contribution in [0.5, 0.6) is 0 Å². The Labute approximate surface area is 120 Å². The molecular weight excluding hydrogens is 260 g/mol. The van der Waals surface area contributed by atoms with Crippen molar-refractivity contribution in [2.45, 2.75) is 60.1 Å². The molecule has 0 heterocycles. The molecule has 2 N–H and O–H groups in total. The normalized spacial score (nSPS) is 13.3. The Morgan fingerprint density at radius 1 is 1.05 bits per heavy atom. The number of carbonyl (C=O) groups is 3. The Bertz CT molecular complexity index is 378. The Balaban J connectivity index is 4.22. The minimum atomic E-state index is -0.756. The van der Waals surface area contributed by atoms with E-state index in [1.807, 2.05) is 0 Å². The van der Waals surface area contributed by atoms with Crippen molar-refractivity contribution in [3.05, 3.63) is 0 Å². The van der Waals surface area contributed by atoms with Gasteiger partial charge in [-0.1, -0.05) is 20.8 Å². The first-order valence-electron chi connectivity index (χ1n) is 6.63. The molecular formula is C14H26N2O4. The fraction of sp³-hybridized carbons (Fsp3) is 0.786. The van der Waals surface area contributed by atoms with Crippen LogP contribution in [0.1, 0.15) is 48.5 Å². The highest BCUT2D eigenvalue weighted by Crippen LogP contribution is 2.12. The summed E-state index contributed by atoms with van der Waals surface area (Å²) in [4.78, 5) is 34.9. The molecule has 0 aromatic heterocycles. The van der Waals surface area contributed by atoms with Crippen LogP contribution < -0.4 is 10.6 Å². The molecule has 0 aromatic rings. The van der Waals surface area contributed by atoms with Gasteiger partial charge in [0, 0.05) is 5.41 Å². The lowest BCUT2D eigenvalue weighted by Gasteiger charge is -2.23. The van der Waals surface area contributed by atoms with Crippen LogP contribution in [0.4, 0.5) is 0 Å². The summed E-state index contributed by atoms with van der Waals surface area (Å²) in [6, 6.07) is -0.756. The van der Waals surface area contributed by atoms with Crippen molar-refractivity contribution in [2.75, 3.05) is 6.54 Å². The molecule has 0 unspecified atom stereocenters. The third-order valence-electron chi connectivity index (χ3n) is 2.23. The van der Waals surface area contributed by atoms with E-state index < -0.39 is 28.9 Å². The minimum Gasteiger partial charge on any atom is -0.458 e. The third kappa shape index (κ3) is 7.76. The van der Waals surface area contributed by atoms with Crippen molar-refractivity contribution in [1.29, 1.82) is 0 Å². The maximum atomic E-state index is 11.7. The Kier molecular flexibility index (Phi) is 6.19. The number of carbonyl (C=O) groups excluding carboxylic acids is 3. The number of nitrogens with one attached hydrogen (secondary N) is 2. The van der Waals surface area contributed by atoms with E-state index in [4.69, 9.17) is 4.74 Å². The Morgan fingerprint density at radius 2 is 1.55 bits per heavy atom. The van der Waals surface area contributed by atoms with Gasteiger partial charge in [-0.2, -0.15) is 0 Å². The van der Waals surface area contributed by atoms with E-state index in [9.17, 15) is 14.4 Å². The maximum absolute atomic E-state index is 11.7. The number of hydrogen-bond donors (Lipinski definition) is 2. The van der Waals surface area contributed by atoms with Crippen molar-refractivity contribution in [3.8, 4) is 0 Å². The molecule has 1 atom stereocenters. The van der Waals surface area contributed by atoms with Crippen LogP contribution >= 0.6 is 0 Å². The topological polar surface area (TPSA) is 84.5 Å². The van der Waals surface area contributed by atoms with E-state index in [-0.39, 0.29) is 12.5 Å². The van der Waals surface area contributed by atoms with Crippen LogP contribution in [0.15, 0.2) is 0 Å². The molecule has 0 bridgehead atoms. The zero-order valence-electron chi connectivity index (χ0n) is 13.4. The zero-order valence-corrected chi connectivity index (χ0v) is 13.4. The Morgan fingerprint density at radius 3 is 1.95 bits per heavy atom. The van der Waals surface area contributed by atoms with Gasteiger partial charge in [0.1, 0.15) is 11.6 Å². The van der Waals surface area contributed by atoms with Crippen LogP contribution in [0, 0.1) is 5.41 Å². The quantitative estimate of drug-likeness (QED) is 0.755. The number of rotatable bonds is 4. The highest BCUT2D eigenvalue weighted by Gasteiger charge is 2.24. The SMILES string of the molecule is C[C@@H](NC(=O)CNC(=O)C(C)(C)C)C(=O)OC(C)(C)C. The maximum Gasteiger partial charge on any atom is 0.328 e. The van der Waals surface area contributed by atoms with Crippen molar-refractivity contribution < 1.29 is 19.1 Å². The zero-order chi connectivity index (χ0) is 16.1. The fourth-order valence-corrected chi connectivity index (χ4v) is 1.17. The van der Waals surface area contributed by atoms with Crippen LogP contribution in [0.25, 0.3) is 0 Å². The second-order valence-corrected chi connectivity index (χ2v) is 6.76. The van der Waals surface area contributed by atoms with Gasteiger partial charge >= 0.3 is 5.97 Å². The minimum absolute atomic E-state index is 0.163. The number of amides is 2. The van der Waals surface area contributed by atoms with Gasteiger partial charge < -0.3 is 15.4 Å². The molecule has 6 nitrogen and oxygen atoms in total. The molecule has 0 saturated carbocycles. The van der Waals surface area contributed by atoms with Gasteiger partial charge in [0.15, 0.2) is 0 Å². The number of esters is 1.